The van der Waals surface area contributed by atoms with Crippen LogP contribution in [0.25, 0.3) is 0 Å². The summed E-state index contributed by atoms with van der Waals surface area (Å²) < 4.78 is 30.4. The highest BCUT2D eigenvalue weighted by atomic mass is 32.1. The number of phenols is 2. The van der Waals surface area contributed by atoms with Crippen molar-refractivity contribution >= 4 is 47.3 Å². The van der Waals surface area contributed by atoms with Gasteiger partial charge in [0.2, 0.25) is 0 Å². The molecule has 0 unspecified atom stereocenters. The molecule has 4 aliphatic rings. The lowest BCUT2D eigenvalue weighted by Crippen LogP contribution is -2.55. The van der Waals surface area contributed by atoms with Crippen LogP contribution >= 0.6 is 12.2 Å². The number of hydrogen-bond acceptors (Lipinski definition) is 13. The average Bonchev–Trinajstić information content (AvgIpc) is 3.35. The topological polar surface area (TPSA) is 190 Å². The number of aromatic hydroxyl groups is 2. The Morgan fingerprint density at radius 2 is 1.55 bits per heavy atom. The van der Waals surface area contributed by atoms with Gasteiger partial charge in [-0.05, 0) is 64.8 Å². The van der Waals surface area contributed by atoms with Crippen molar-refractivity contribution in [2.24, 2.45) is 0 Å². The van der Waals surface area contributed by atoms with Crippen molar-refractivity contribution in [1.82, 2.24) is 5.32 Å². The molecule has 2 heterocycles. The number of Topliss-reactive ketones (excluding diaryl/α,β-unsaturated/α-hetero) is 1. The molecular weight excluding hydrogens is 729 g/mol. The molecule has 0 saturated carbocycles. The van der Waals surface area contributed by atoms with E-state index in [9.17, 15) is 34.8 Å². The highest BCUT2D eigenvalue weighted by Crippen LogP contribution is 2.52. The molecule has 2 aliphatic heterocycles. The number of carbonyl (C=O) groups is 3. The minimum atomic E-state index is -2.05. The Morgan fingerprint density at radius 1 is 0.964 bits per heavy atom. The van der Waals surface area contributed by atoms with Crippen molar-refractivity contribution < 1.29 is 58.3 Å². The zero-order valence-corrected chi connectivity index (χ0v) is 32.2. The van der Waals surface area contributed by atoms with E-state index in [1.807, 2.05) is 52.0 Å². The lowest BCUT2D eigenvalue weighted by molar-refractivity contribution is -0.248. The Hall–Kier alpha value is -4.22. The van der Waals surface area contributed by atoms with Crippen molar-refractivity contribution in [3.05, 3.63) is 87.5 Å². The summed E-state index contributed by atoms with van der Waals surface area (Å²) in [5.41, 5.74) is -2.11. The van der Waals surface area contributed by atoms with Crippen LogP contribution in [0.3, 0.4) is 0 Å². The molecule has 0 spiro atoms. The average molecular weight is 774 g/mol. The molecule has 6 atom stereocenters. The molecule has 2 aliphatic carbocycles. The molecule has 0 radical (unpaired) electrons. The zero-order valence-electron chi connectivity index (χ0n) is 31.4. The Labute approximate surface area is 324 Å². The van der Waals surface area contributed by atoms with E-state index in [1.54, 1.807) is 19.1 Å². The summed E-state index contributed by atoms with van der Waals surface area (Å²) in [5, 5.41) is 48.8. The lowest BCUT2D eigenvalue weighted by atomic mass is 9.72. The van der Waals surface area contributed by atoms with Gasteiger partial charge in [0.05, 0.1) is 40.6 Å². The summed E-state index contributed by atoms with van der Waals surface area (Å²) in [6, 6.07) is 12.9. The maximum Gasteiger partial charge on any atom is 0.494 e. The second kappa shape index (κ2) is 14.1. The van der Waals surface area contributed by atoms with Crippen LogP contribution < -0.4 is 10.8 Å². The van der Waals surface area contributed by atoms with Crippen LogP contribution in [0.5, 0.6) is 11.5 Å². The molecule has 15 heteroatoms. The lowest BCUT2D eigenvalue weighted by Gasteiger charge is -2.42. The number of carbonyl (C=O) groups excluding carboxylic acids is 3. The molecule has 0 aromatic heterocycles. The van der Waals surface area contributed by atoms with Crippen LogP contribution in [0.15, 0.2) is 48.5 Å². The fourth-order valence-electron chi connectivity index (χ4n) is 7.62. The Bertz CT molecular complexity index is 2070. The van der Waals surface area contributed by atoms with Gasteiger partial charge >= 0.3 is 7.12 Å². The van der Waals surface area contributed by atoms with Crippen LogP contribution in [0.1, 0.15) is 109 Å². The summed E-state index contributed by atoms with van der Waals surface area (Å²) in [6.07, 6.45) is -5.02. The zero-order chi connectivity index (χ0) is 39.8. The van der Waals surface area contributed by atoms with Gasteiger partial charge in [0.25, 0.3) is 5.17 Å². The molecule has 13 nitrogen and oxygen atoms in total. The van der Waals surface area contributed by atoms with Crippen molar-refractivity contribution in [3.8, 4) is 11.5 Å². The third-order valence-corrected chi connectivity index (χ3v) is 11.9. The number of aliphatic hydroxyl groups excluding tert-OH is 1. The maximum absolute atomic E-state index is 13.7. The van der Waals surface area contributed by atoms with Crippen molar-refractivity contribution in [2.75, 3.05) is 0 Å². The van der Waals surface area contributed by atoms with Crippen LogP contribution in [0.4, 0.5) is 0 Å². The molecule has 290 valence electrons. The first-order valence-electron chi connectivity index (χ1n) is 18.2. The van der Waals surface area contributed by atoms with E-state index < -0.39 is 95.4 Å². The smallest absolute Gasteiger partial charge is 0.494 e. The number of benzene rings is 3. The van der Waals surface area contributed by atoms with Crippen LogP contribution in [0.2, 0.25) is 0 Å². The van der Waals surface area contributed by atoms with E-state index in [4.69, 9.17) is 35.7 Å². The van der Waals surface area contributed by atoms with Gasteiger partial charge in [0.15, 0.2) is 23.6 Å². The number of hydrogen-bond donors (Lipinski definition) is 5. The van der Waals surface area contributed by atoms with Gasteiger partial charge in [-0.15, -0.1) is 0 Å². The summed E-state index contributed by atoms with van der Waals surface area (Å²) >= 11 is 5.48. The van der Waals surface area contributed by atoms with Gasteiger partial charge in [-0.2, -0.15) is 0 Å². The van der Waals surface area contributed by atoms with Gasteiger partial charge in [-0.25, -0.2) is 0 Å². The minimum Gasteiger partial charge on any atom is -0.507 e. The number of fused-ring (bicyclic) bond motifs is 3. The van der Waals surface area contributed by atoms with Gasteiger partial charge in [-0.3, -0.25) is 14.4 Å². The molecule has 55 heavy (non-hydrogen) atoms. The number of ether oxygens (including phenoxy) is 3. The Kier molecular flexibility index (Phi) is 9.98. The Balaban J connectivity index is 1.07. The number of nitrogens with one attached hydrogen (secondary N) is 1. The van der Waals surface area contributed by atoms with Gasteiger partial charge < -0.3 is 49.3 Å². The second-order valence-corrected chi connectivity index (χ2v) is 16.2. The summed E-state index contributed by atoms with van der Waals surface area (Å²) in [5.74, 6) is -3.20. The standard InChI is InChI=1S/C40H44BNO12S/c1-19-32(44)26(42-37(55)50-18-21-11-13-22(14-12-21)41-53-38(3,4)39(5,6)54-41)15-28(51-19)52-27-17-40(49,20(2)43)16-25-29(27)36(48)31-30(35(25)47)33(45)23-9-7-8-10-24(23)34(31)46/h7-14,19,26-28,32,44,47-49H,15-18H2,1-6H3,(H,42,55)/t19-,26-,27-,28-,32+,40-/m0/s1. The predicted octanol–water partition coefficient (Wildman–Crippen LogP) is 3.45. The number of phenolic OH excluding ortho intramolecular Hbond substituents is 2. The molecular formula is C40H44BNO12S. The van der Waals surface area contributed by atoms with Gasteiger partial charge in [-0.1, -0.05) is 48.5 Å². The van der Waals surface area contributed by atoms with E-state index in [-0.39, 0.29) is 52.4 Å². The molecule has 2 saturated heterocycles. The maximum atomic E-state index is 13.7. The first kappa shape index (κ1) is 39.0. The SMILES string of the molecule is CC(=O)[C@]1(O)Cc2c(O)c3c(c(O)c2[C@@H](O[C@H]2C[C@H](NC(=S)OCc4ccc(B5OC(C)(C)C(C)(C)O5)cc4)[C@H](O)[C@H](C)O2)C1)C(=O)c1ccccc1C3=O. The molecule has 2 fully saturated rings. The monoisotopic (exact) mass is 773 g/mol. The van der Waals surface area contributed by atoms with E-state index in [1.165, 1.54) is 19.1 Å². The summed E-state index contributed by atoms with van der Waals surface area (Å²) in [6.45, 7) is 10.9. The third kappa shape index (κ3) is 6.85. The largest absolute Gasteiger partial charge is 0.507 e. The Morgan fingerprint density at radius 3 is 2.13 bits per heavy atom. The minimum absolute atomic E-state index is 0.00456. The third-order valence-electron chi connectivity index (χ3n) is 11.6. The molecule has 5 N–H and O–H groups in total. The fourth-order valence-corrected chi connectivity index (χ4v) is 7.83. The normalized spacial score (nSPS) is 27.9. The van der Waals surface area contributed by atoms with Crippen molar-refractivity contribution in [1.29, 1.82) is 0 Å². The van der Waals surface area contributed by atoms with E-state index in [0.717, 1.165) is 11.0 Å². The molecule has 3 aromatic rings. The quantitative estimate of drug-likeness (QED) is 0.104. The number of ketones is 3. The fraction of sp³-hybridized carbons (Fsp3) is 0.450. The highest BCUT2D eigenvalue weighted by molar-refractivity contribution is 7.80. The first-order chi connectivity index (χ1) is 25.8. The summed E-state index contributed by atoms with van der Waals surface area (Å²) in [7, 11) is -0.502. The first-order valence-corrected chi connectivity index (χ1v) is 18.6. The molecule has 0 bridgehead atoms. The predicted molar refractivity (Wildman–Crippen MR) is 202 cm³/mol. The van der Waals surface area contributed by atoms with Gasteiger partial charge in [0.1, 0.15) is 29.8 Å². The van der Waals surface area contributed by atoms with Crippen LogP contribution in [-0.2, 0) is 41.3 Å². The number of thiocarbonyl (C=S) groups is 1. The number of aliphatic hydroxyl groups is 2. The second-order valence-electron chi connectivity index (χ2n) is 15.8. The molecule has 7 rings (SSSR count). The summed E-state index contributed by atoms with van der Waals surface area (Å²) in [4.78, 5) is 40.0. The molecule has 3 aromatic carbocycles. The van der Waals surface area contributed by atoms with Gasteiger partial charge in [0, 0.05) is 41.5 Å². The van der Waals surface area contributed by atoms with E-state index in [2.05, 4.69) is 5.32 Å². The molecule has 0 amide bonds. The van der Waals surface area contributed by atoms with E-state index in [0.29, 0.717) is 0 Å². The van der Waals surface area contributed by atoms with E-state index >= 15 is 0 Å². The van der Waals surface area contributed by atoms with Crippen molar-refractivity contribution in [3.63, 3.8) is 0 Å². The van der Waals surface area contributed by atoms with Crippen molar-refractivity contribution in [2.45, 2.75) is 115 Å². The number of rotatable bonds is 7. The van der Waals surface area contributed by atoms with Crippen LogP contribution in [-0.4, -0.2) is 91.4 Å². The highest BCUT2D eigenvalue weighted by Gasteiger charge is 2.52. The van der Waals surface area contributed by atoms with Crippen LogP contribution in [0, 0.1) is 0 Å².